The third-order valence-corrected chi connectivity index (χ3v) is 4.44. The Morgan fingerprint density at radius 2 is 1.86 bits per heavy atom. The molecule has 0 aromatic rings. The lowest BCUT2D eigenvalue weighted by Crippen LogP contribution is -2.24. The summed E-state index contributed by atoms with van der Waals surface area (Å²) >= 11 is 0. The van der Waals surface area contributed by atoms with Gasteiger partial charge in [-0.15, -0.1) is 0 Å². The quantitative estimate of drug-likeness (QED) is 0.358. The maximum atomic E-state index is 10.4. The Kier molecular flexibility index (Phi) is 12.4. The molecule has 6 heteroatoms. The van der Waals surface area contributed by atoms with Crippen molar-refractivity contribution in [2.75, 3.05) is 0 Å². The molecular weight excluding hydrogens is 360 g/mol. The van der Waals surface area contributed by atoms with E-state index in [-0.39, 0.29) is 12.5 Å². The molecule has 1 saturated heterocycles. The molecule has 158 valence electrons. The van der Waals surface area contributed by atoms with Crippen LogP contribution in [-0.2, 0) is 9.53 Å². The molecule has 1 rings (SSSR count). The van der Waals surface area contributed by atoms with Gasteiger partial charge in [-0.1, -0.05) is 55.5 Å². The number of carboxylic acids is 1. The molecule has 6 nitrogen and oxygen atoms in total. The minimum absolute atomic E-state index is 0.132. The van der Waals surface area contributed by atoms with Crippen molar-refractivity contribution >= 4 is 5.97 Å². The molecule has 5 atom stereocenters. The largest absolute Gasteiger partial charge is 0.481 e. The van der Waals surface area contributed by atoms with Crippen molar-refractivity contribution in [1.29, 1.82) is 0 Å². The predicted octanol–water partition coefficient (Wildman–Crippen LogP) is 2.90. The Morgan fingerprint density at radius 1 is 1.11 bits per heavy atom. The van der Waals surface area contributed by atoms with Gasteiger partial charge in [0.2, 0.25) is 0 Å². The number of rotatable bonds is 13. The van der Waals surface area contributed by atoms with Crippen LogP contribution >= 0.6 is 0 Å². The van der Waals surface area contributed by atoms with Gasteiger partial charge in [-0.3, -0.25) is 4.79 Å². The Balaban J connectivity index is 2.32. The number of hydrogen-bond acceptors (Lipinski definition) is 5. The topological polar surface area (TPSA) is 107 Å². The van der Waals surface area contributed by atoms with Crippen LogP contribution in [0, 0.1) is 0 Å². The summed E-state index contributed by atoms with van der Waals surface area (Å²) in [6.07, 6.45) is 15.2. The van der Waals surface area contributed by atoms with E-state index in [1.54, 1.807) is 6.08 Å². The van der Waals surface area contributed by atoms with E-state index < -0.39 is 30.4 Å². The van der Waals surface area contributed by atoms with Gasteiger partial charge in [0.25, 0.3) is 0 Å². The predicted molar refractivity (Wildman–Crippen MR) is 109 cm³/mol. The minimum atomic E-state index is -0.870. The van der Waals surface area contributed by atoms with Gasteiger partial charge in [0, 0.05) is 12.8 Å². The highest BCUT2D eigenvalue weighted by Crippen LogP contribution is 2.26. The van der Waals surface area contributed by atoms with E-state index in [1.807, 2.05) is 43.4 Å². The summed E-state index contributed by atoms with van der Waals surface area (Å²) in [4.78, 5) is 10.4. The number of aliphatic carboxylic acids is 1. The third kappa shape index (κ3) is 10.6. The first-order valence-corrected chi connectivity index (χ1v) is 9.98. The minimum Gasteiger partial charge on any atom is -0.481 e. The maximum Gasteiger partial charge on any atom is 0.303 e. The van der Waals surface area contributed by atoms with Crippen molar-refractivity contribution < 1.29 is 30.0 Å². The molecule has 28 heavy (non-hydrogen) atoms. The highest BCUT2D eigenvalue weighted by atomic mass is 16.5. The molecule has 0 spiro atoms. The van der Waals surface area contributed by atoms with E-state index in [2.05, 4.69) is 0 Å². The second-order valence-corrected chi connectivity index (χ2v) is 6.92. The van der Waals surface area contributed by atoms with Crippen molar-refractivity contribution in [2.24, 2.45) is 0 Å². The van der Waals surface area contributed by atoms with Crippen molar-refractivity contribution in [1.82, 2.24) is 0 Å². The second-order valence-electron chi connectivity index (χ2n) is 6.92. The van der Waals surface area contributed by atoms with Gasteiger partial charge in [0.15, 0.2) is 0 Å². The lowest BCUT2D eigenvalue weighted by molar-refractivity contribution is -0.136. The molecule has 1 aliphatic heterocycles. The molecule has 1 heterocycles. The second kappa shape index (κ2) is 14.3. The molecule has 0 unspecified atom stereocenters. The summed E-state index contributed by atoms with van der Waals surface area (Å²) in [5, 5.41) is 38.7. The Hall–Kier alpha value is -1.73. The molecule has 0 amide bonds. The van der Waals surface area contributed by atoms with E-state index in [0.717, 1.165) is 6.42 Å². The Labute approximate surface area is 167 Å². The molecule has 0 aromatic heterocycles. The lowest BCUT2D eigenvalue weighted by Gasteiger charge is -2.16. The number of carbonyl (C=O) groups is 1. The smallest absolute Gasteiger partial charge is 0.303 e. The molecule has 0 saturated carbocycles. The highest BCUT2D eigenvalue weighted by Gasteiger charge is 2.36. The first-order valence-electron chi connectivity index (χ1n) is 9.98. The number of aliphatic hydroxyl groups excluding tert-OH is 3. The van der Waals surface area contributed by atoms with Crippen molar-refractivity contribution in [3.05, 3.63) is 48.6 Å². The first-order chi connectivity index (χ1) is 13.4. The van der Waals surface area contributed by atoms with Crippen LogP contribution in [0.25, 0.3) is 0 Å². The van der Waals surface area contributed by atoms with Crippen LogP contribution in [0.5, 0.6) is 0 Å². The van der Waals surface area contributed by atoms with E-state index >= 15 is 0 Å². The molecule has 4 N–H and O–H groups in total. The van der Waals surface area contributed by atoms with E-state index in [1.165, 1.54) is 6.08 Å². The molecule has 0 aromatic carbocycles. The Morgan fingerprint density at radius 3 is 2.57 bits per heavy atom. The fourth-order valence-corrected chi connectivity index (χ4v) is 2.87. The highest BCUT2D eigenvalue weighted by molar-refractivity contribution is 5.66. The number of ether oxygens (including phenoxy) is 1. The van der Waals surface area contributed by atoms with Gasteiger partial charge >= 0.3 is 5.97 Å². The van der Waals surface area contributed by atoms with Crippen LogP contribution in [0.15, 0.2) is 48.6 Å². The fourth-order valence-electron chi connectivity index (χ4n) is 2.87. The van der Waals surface area contributed by atoms with Gasteiger partial charge in [-0.05, 0) is 32.1 Å². The van der Waals surface area contributed by atoms with Crippen molar-refractivity contribution in [2.45, 2.75) is 82.4 Å². The zero-order valence-electron chi connectivity index (χ0n) is 16.6. The monoisotopic (exact) mass is 394 g/mol. The van der Waals surface area contributed by atoms with Crippen LogP contribution in [0.2, 0.25) is 0 Å². The normalized spacial score (nSPS) is 25.5. The third-order valence-electron chi connectivity index (χ3n) is 4.44. The summed E-state index contributed by atoms with van der Waals surface area (Å²) in [7, 11) is 0. The zero-order valence-corrected chi connectivity index (χ0v) is 16.6. The fraction of sp³-hybridized carbons (Fsp3) is 0.591. The first kappa shape index (κ1) is 24.3. The van der Waals surface area contributed by atoms with Crippen molar-refractivity contribution in [3.63, 3.8) is 0 Å². The SMILES string of the molecule is CC/C=C\C[C@@H](O)/C=C/[C@@H](O)[C@@H]1C[C@H](O)[C@H](C/C=C\C/C=C\CCC(=O)O)O1. The Bertz CT molecular complexity index is 551. The van der Waals surface area contributed by atoms with Gasteiger partial charge in [0.1, 0.15) is 0 Å². The summed E-state index contributed by atoms with van der Waals surface area (Å²) in [6, 6.07) is 0. The van der Waals surface area contributed by atoms with Gasteiger partial charge in [-0.2, -0.15) is 0 Å². The van der Waals surface area contributed by atoms with Gasteiger partial charge in [-0.25, -0.2) is 0 Å². The van der Waals surface area contributed by atoms with E-state index in [0.29, 0.717) is 32.1 Å². The summed E-state index contributed by atoms with van der Waals surface area (Å²) in [6.45, 7) is 2.02. The van der Waals surface area contributed by atoms with Crippen molar-refractivity contribution in [3.8, 4) is 0 Å². The number of carboxylic acid groups (broad SMARTS) is 1. The molecular formula is C22H34O6. The summed E-state index contributed by atoms with van der Waals surface area (Å²) in [5.41, 5.74) is 0. The van der Waals surface area contributed by atoms with Crippen LogP contribution in [0.4, 0.5) is 0 Å². The summed E-state index contributed by atoms with van der Waals surface area (Å²) < 4.78 is 5.76. The molecule has 1 aliphatic rings. The zero-order chi connectivity index (χ0) is 20.8. The summed E-state index contributed by atoms with van der Waals surface area (Å²) in [5.74, 6) is -0.804. The average Bonchev–Trinajstić information content (AvgIpc) is 3.02. The maximum absolute atomic E-state index is 10.4. The van der Waals surface area contributed by atoms with Gasteiger partial charge < -0.3 is 25.2 Å². The molecule has 1 fully saturated rings. The van der Waals surface area contributed by atoms with Crippen LogP contribution in [-0.4, -0.2) is 56.9 Å². The average molecular weight is 395 g/mol. The lowest BCUT2D eigenvalue weighted by atomic mass is 10.0. The number of allylic oxidation sites excluding steroid dienone is 4. The van der Waals surface area contributed by atoms with E-state index in [9.17, 15) is 20.1 Å². The standard InChI is InChI=1S/C22H34O6/c1-2-3-8-11-17(23)14-15-18(24)21-16-19(25)20(28-21)12-9-6-4-5-7-10-13-22(26)27/h3,5-9,14-15,17-21,23-25H,2,4,10-13,16H2,1H3,(H,26,27)/b7-5-,8-3-,9-6-,15-14+/t17-,18-,19+,20+,21+/m1/s1. The van der Waals surface area contributed by atoms with Crippen LogP contribution < -0.4 is 0 Å². The van der Waals surface area contributed by atoms with Crippen LogP contribution in [0.3, 0.4) is 0 Å². The molecule has 0 aliphatic carbocycles. The van der Waals surface area contributed by atoms with Gasteiger partial charge in [0.05, 0.1) is 30.5 Å². The van der Waals surface area contributed by atoms with E-state index in [4.69, 9.17) is 9.84 Å². The van der Waals surface area contributed by atoms with Crippen LogP contribution in [0.1, 0.15) is 51.9 Å². The molecule has 0 bridgehead atoms. The number of aliphatic hydroxyl groups is 3. The molecule has 0 radical (unpaired) electrons. The number of hydrogen-bond donors (Lipinski definition) is 4.